The number of aliphatic imine (C=N–C) groups is 1. The fourth-order valence-electron chi connectivity index (χ4n) is 2.52. The number of halogens is 2. The van der Waals surface area contributed by atoms with Gasteiger partial charge >= 0.3 is 0 Å². The fraction of sp³-hybridized carbons (Fsp3) is 0.238. The standard InChI is InChI=1S/C21H23FN4O2.HI/c1-15(28-19-10-8-17(22)9-11-19)12-24-21(23-2)25-13-18-14-27-20(26-18)16-6-4-3-5-7-16;/h3-11,14-15H,12-13H2,1-2H3,(H2,23,24,25);1H. The topological polar surface area (TPSA) is 71.7 Å². The van der Waals surface area contributed by atoms with Gasteiger partial charge in [0.05, 0.1) is 18.8 Å². The molecule has 0 saturated heterocycles. The van der Waals surface area contributed by atoms with Crippen molar-refractivity contribution in [2.75, 3.05) is 13.6 Å². The number of nitrogens with zero attached hydrogens (tertiary/aromatic N) is 2. The van der Waals surface area contributed by atoms with Crippen LogP contribution in [0.25, 0.3) is 11.5 Å². The Labute approximate surface area is 186 Å². The lowest BCUT2D eigenvalue weighted by atomic mass is 10.2. The molecule has 0 fully saturated rings. The van der Waals surface area contributed by atoms with E-state index in [0.717, 1.165) is 11.3 Å². The molecule has 1 unspecified atom stereocenters. The molecule has 3 aromatic rings. The van der Waals surface area contributed by atoms with Gasteiger partial charge in [0, 0.05) is 12.6 Å². The SMILES string of the molecule is CN=C(NCc1coc(-c2ccccc2)n1)NCC(C)Oc1ccc(F)cc1.I. The van der Waals surface area contributed by atoms with Crippen LogP contribution in [0.5, 0.6) is 5.75 Å². The van der Waals surface area contributed by atoms with Crippen molar-refractivity contribution < 1.29 is 13.5 Å². The van der Waals surface area contributed by atoms with E-state index in [0.29, 0.717) is 30.7 Å². The molecule has 0 amide bonds. The molecule has 0 aliphatic rings. The van der Waals surface area contributed by atoms with Crippen LogP contribution < -0.4 is 15.4 Å². The summed E-state index contributed by atoms with van der Waals surface area (Å²) in [5, 5.41) is 6.38. The minimum atomic E-state index is -0.286. The van der Waals surface area contributed by atoms with Crippen LogP contribution in [-0.2, 0) is 6.54 Å². The minimum absolute atomic E-state index is 0. The summed E-state index contributed by atoms with van der Waals surface area (Å²) in [6.45, 7) is 2.93. The van der Waals surface area contributed by atoms with Crippen LogP contribution in [0.4, 0.5) is 4.39 Å². The Morgan fingerprint density at radius 1 is 1.14 bits per heavy atom. The van der Waals surface area contributed by atoms with Gasteiger partial charge in [0.15, 0.2) is 5.96 Å². The summed E-state index contributed by atoms with van der Waals surface area (Å²) >= 11 is 0. The van der Waals surface area contributed by atoms with E-state index in [1.54, 1.807) is 25.4 Å². The van der Waals surface area contributed by atoms with Crippen LogP contribution in [0.3, 0.4) is 0 Å². The van der Waals surface area contributed by atoms with Crippen molar-refractivity contribution in [1.29, 1.82) is 0 Å². The van der Waals surface area contributed by atoms with E-state index < -0.39 is 0 Å². The number of aromatic nitrogens is 1. The first-order valence-corrected chi connectivity index (χ1v) is 9.00. The summed E-state index contributed by atoms with van der Waals surface area (Å²) in [6, 6.07) is 15.7. The molecule has 3 rings (SSSR count). The minimum Gasteiger partial charge on any atom is -0.489 e. The Kier molecular flexibility index (Phi) is 8.91. The monoisotopic (exact) mass is 510 g/mol. The van der Waals surface area contributed by atoms with Crippen molar-refractivity contribution >= 4 is 29.9 Å². The smallest absolute Gasteiger partial charge is 0.226 e. The van der Waals surface area contributed by atoms with E-state index in [4.69, 9.17) is 9.15 Å². The molecule has 154 valence electrons. The van der Waals surface area contributed by atoms with Crippen molar-refractivity contribution in [2.45, 2.75) is 19.6 Å². The highest BCUT2D eigenvalue weighted by Gasteiger charge is 2.09. The largest absolute Gasteiger partial charge is 0.489 e. The second-order valence-corrected chi connectivity index (χ2v) is 6.20. The molecule has 1 atom stereocenters. The van der Waals surface area contributed by atoms with Crippen LogP contribution in [-0.4, -0.2) is 30.6 Å². The zero-order chi connectivity index (χ0) is 19.8. The first-order valence-electron chi connectivity index (χ1n) is 9.00. The lowest BCUT2D eigenvalue weighted by Crippen LogP contribution is -2.41. The van der Waals surface area contributed by atoms with Crippen LogP contribution in [0.1, 0.15) is 12.6 Å². The normalized spacial score (nSPS) is 12.0. The average molecular weight is 510 g/mol. The molecule has 1 heterocycles. The van der Waals surface area contributed by atoms with Gasteiger partial charge < -0.3 is 19.8 Å². The second kappa shape index (κ2) is 11.4. The first-order chi connectivity index (χ1) is 13.6. The molecule has 0 bridgehead atoms. The van der Waals surface area contributed by atoms with E-state index in [1.165, 1.54) is 12.1 Å². The van der Waals surface area contributed by atoms with Crippen molar-refractivity contribution in [3.05, 3.63) is 72.4 Å². The quantitative estimate of drug-likeness (QED) is 0.283. The molecule has 29 heavy (non-hydrogen) atoms. The number of guanidine groups is 1. The van der Waals surface area contributed by atoms with Crippen LogP contribution in [0.2, 0.25) is 0 Å². The molecular formula is C21H24FIN4O2. The van der Waals surface area contributed by atoms with E-state index in [1.807, 2.05) is 37.3 Å². The molecule has 2 N–H and O–H groups in total. The maximum atomic E-state index is 12.9. The van der Waals surface area contributed by atoms with E-state index >= 15 is 0 Å². The zero-order valence-electron chi connectivity index (χ0n) is 16.3. The van der Waals surface area contributed by atoms with E-state index in [9.17, 15) is 4.39 Å². The summed E-state index contributed by atoms with van der Waals surface area (Å²) in [4.78, 5) is 8.67. The van der Waals surface area contributed by atoms with Gasteiger partial charge in [-0.1, -0.05) is 18.2 Å². The van der Waals surface area contributed by atoms with E-state index in [-0.39, 0.29) is 35.9 Å². The molecule has 1 aromatic heterocycles. The lowest BCUT2D eigenvalue weighted by Gasteiger charge is -2.17. The van der Waals surface area contributed by atoms with E-state index in [2.05, 4.69) is 20.6 Å². The maximum absolute atomic E-state index is 12.9. The number of ether oxygens (including phenoxy) is 1. The van der Waals surface area contributed by atoms with Crippen molar-refractivity contribution in [2.24, 2.45) is 4.99 Å². The molecule has 0 aliphatic carbocycles. The molecule has 0 radical (unpaired) electrons. The van der Waals surface area contributed by atoms with Gasteiger partial charge in [-0.15, -0.1) is 24.0 Å². The van der Waals surface area contributed by atoms with Gasteiger partial charge in [0.1, 0.15) is 23.9 Å². The van der Waals surface area contributed by atoms with Crippen LogP contribution >= 0.6 is 24.0 Å². The molecule has 2 aromatic carbocycles. The Morgan fingerprint density at radius 3 is 2.55 bits per heavy atom. The number of benzene rings is 2. The average Bonchev–Trinajstić information content (AvgIpc) is 3.20. The summed E-state index contributed by atoms with van der Waals surface area (Å²) < 4.78 is 24.2. The van der Waals surface area contributed by atoms with Gasteiger partial charge in [-0.3, -0.25) is 4.99 Å². The highest BCUT2D eigenvalue weighted by molar-refractivity contribution is 14.0. The Balaban J connectivity index is 0.00000300. The summed E-state index contributed by atoms with van der Waals surface area (Å²) in [5.74, 6) is 1.54. The highest BCUT2D eigenvalue weighted by atomic mass is 127. The third-order valence-corrected chi connectivity index (χ3v) is 3.94. The second-order valence-electron chi connectivity index (χ2n) is 6.20. The highest BCUT2D eigenvalue weighted by Crippen LogP contribution is 2.17. The third-order valence-electron chi connectivity index (χ3n) is 3.94. The Bertz CT molecular complexity index is 901. The maximum Gasteiger partial charge on any atom is 0.226 e. The fourth-order valence-corrected chi connectivity index (χ4v) is 2.52. The summed E-state index contributed by atoms with van der Waals surface area (Å²) in [5.41, 5.74) is 1.71. The number of rotatable bonds is 7. The van der Waals surface area contributed by atoms with Gasteiger partial charge in [-0.2, -0.15) is 0 Å². The zero-order valence-corrected chi connectivity index (χ0v) is 18.6. The molecular weight excluding hydrogens is 486 g/mol. The molecule has 0 saturated carbocycles. The van der Waals surface area contributed by atoms with Crippen molar-refractivity contribution in [3.8, 4) is 17.2 Å². The van der Waals surface area contributed by atoms with Gasteiger partial charge in [-0.25, -0.2) is 9.37 Å². The number of oxazole rings is 1. The van der Waals surface area contributed by atoms with Gasteiger partial charge in [0.2, 0.25) is 5.89 Å². The molecule has 0 aliphatic heterocycles. The van der Waals surface area contributed by atoms with Crippen molar-refractivity contribution in [1.82, 2.24) is 15.6 Å². The lowest BCUT2D eigenvalue weighted by molar-refractivity contribution is 0.223. The van der Waals surface area contributed by atoms with Crippen molar-refractivity contribution in [3.63, 3.8) is 0 Å². The third kappa shape index (κ3) is 7.04. The number of nitrogens with one attached hydrogen (secondary N) is 2. The predicted octanol–water partition coefficient (Wildman–Crippen LogP) is 4.23. The molecule has 6 nitrogen and oxygen atoms in total. The number of hydrogen-bond donors (Lipinski definition) is 2. The van der Waals surface area contributed by atoms with Crippen LogP contribution in [0.15, 0.2) is 70.3 Å². The van der Waals surface area contributed by atoms with Gasteiger partial charge in [-0.05, 0) is 43.3 Å². The Hall–Kier alpha value is -2.62. The van der Waals surface area contributed by atoms with Crippen LogP contribution in [0, 0.1) is 5.82 Å². The first kappa shape index (κ1) is 22.7. The summed E-state index contributed by atoms with van der Waals surface area (Å²) in [6.07, 6.45) is 1.50. The molecule has 8 heteroatoms. The van der Waals surface area contributed by atoms with Gasteiger partial charge in [0.25, 0.3) is 0 Å². The summed E-state index contributed by atoms with van der Waals surface area (Å²) in [7, 11) is 1.69. The molecule has 0 spiro atoms. The predicted molar refractivity (Wildman–Crippen MR) is 122 cm³/mol. The Morgan fingerprint density at radius 2 is 1.86 bits per heavy atom. The number of hydrogen-bond acceptors (Lipinski definition) is 4.